The minimum absolute atomic E-state index is 0. The van der Waals surface area contributed by atoms with Gasteiger partial charge >= 0.3 is 155 Å². The topological polar surface area (TPSA) is 0 Å². The SMILES string of the molecule is CCCCCC1C(C)=[C]([Ti+3])c2c([SiH2]c3ccccc3)cccc21.[Cl-].[Cl-].[Cl-]. The average Bonchev–Trinajstić information content (AvgIpc) is 2.82. The molecule has 0 fully saturated rings. The summed E-state index contributed by atoms with van der Waals surface area (Å²) in [6.07, 6.45) is 5.34. The molecule has 1 unspecified atom stereocenters. The van der Waals surface area contributed by atoms with Crippen LogP contribution in [0.2, 0.25) is 0 Å². The van der Waals surface area contributed by atoms with Crippen LogP contribution >= 0.6 is 0 Å². The Balaban J connectivity index is 0.00000208. The van der Waals surface area contributed by atoms with E-state index in [0.29, 0.717) is 5.92 Å². The summed E-state index contributed by atoms with van der Waals surface area (Å²) in [6.45, 7) is 4.65. The minimum atomic E-state index is -0.390. The molecule has 0 spiro atoms. The molecule has 0 radical (unpaired) electrons. The van der Waals surface area contributed by atoms with E-state index in [4.69, 9.17) is 0 Å². The van der Waals surface area contributed by atoms with Crippen LogP contribution in [0.5, 0.6) is 0 Å². The molecule has 138 valence electrons. The van der Waals surface area contributed by atoms with Gasteiger partial charge in [-0.15, -0.1) is 0 Å². The molecule has 5 heteroatoms. The largest absolute Gasteiger partial charge is 1.00 e. The first-order valence-electron chi connectivity index (χ1n) is 8.80. The number of unbranched alkanes of at least 4 members (excludes halogenated alkanes) is 2. The van der Waals surface area contributed by atoms with Crippen molar-refractivity contribution in [1.82, 2.24) is 0 Å². The second-order valence-corrected chi connectivity index (χ2v) is 9.36. The van der Waals surface area contributed by atoms with E-state index in [1.165, 1.54) is 25.7 Å². The van der Waals surface area contributed by atoms with Crippen molar-refractivity contribution >= 4 is 23.8 Å². The Kier molecular flexibility index (Phi) is 12.4. The van der Waals surface area contributed by atoms with Crippen LogP contribution in [-0.4, -0.2) is 9.52 Å². The van der Waals surface area contributed by atoms with Gasteiger partial charge in [-0.3, -0.25) is 0 Å². The molecule has 0 amide bonds. The maximum Gasteiger partial charge on any atom is -1.00 e. The second-order valence-electron chi connectivity index (χ2n) is 6.65. The first-order valence-corrected chi connectivity index (χ1v) is 11.0. The van der Waals surface area contributed by atoms with Crippen molar-refractivity contribution in [3.63, 3.8) is 0 Å². The van der Waals surface area contributed by atoms with Crippen LogP contribution < -0.4 is 47.6 Å². The monoisotopic (exact) mass is 458 g/mol. The zero-order valence-electron chi connectivity index (χ0n) is 15.4. The zero-order valence-corrected chi connectivity index (χ0v) is 20.6. The second kappa shape index (κ2) is 12.4. The molecule has 0 N–H and O–H groups in total. The van der Waals surface area contributed by atoms with E-state index >= 15 is 0 Å². The average molecular weight is 460 g/mol. The summed E-state index contributed by atoms with van der Waals surface area (Å²) >= 11 is 2.34. The molecule has 0 aliphatic heterocycles. The fourth-order valence-corrected chi connectivity index (χ4v) is 6.54. The van der Waals surface area contributed by atoms with E-state index < -0.39 is 9.52 Å². The molecule has 26 heavy (non-hydrogen) atoms. The molecule has 3 rings (SSSR count). The van der Waals surface area contributed by atoms with Crippen LogP contribution in [-0.2, 0) is 20.4 Å². The smallest absolute Gasteiger partial charge is 1.00 e. The standard InChI is InChI=1S/C21H25Si.3ClH.Ti/c1-3-4-6-12-18-16(2)15-20-19(18)13-9-14-21(20)22-17-10-7-5-8-11-17;;;;/h5,7-11,13-14,18H,3-4,6,12,22H2,1-2H3;3*1H;/q;;;;+3/p-3. The van der Waals surface area contributed by atoms with E-state index in [9.17, 15) is 0 Å². The van der Waals surface area contributed by atoms with Gasteiger partial charge in [0, 0.05) is 0 Å². The summed E-state index contributed by atoms with van der Waals surface area (Å²) in [6, 6.07) is 18.1. The minimum Gasteiger partial charge on any atom is -1.00 e. The molecule has 0 heterocycles. The van der Waals surface area contributed by atoms with Gasteiger partial charge in [0.05, 0.1) is 0 Å². The third-order valence-electron chi connectivity index (χ3n) is 5.06. The van der Waals surface area contributed by atoms with Gasteiger partial charge in [-0.1, -0.05) is 0 Å². The van der Waals surface area contributed by atoms with Crippen LogP contribution in [0.3, 0.4) is 0 Å². The fraction of sp³-hybridized carbons (Fsp3) is 0.333. The predicted molar refractivity (Wildman–Crippen MR) is 100 cm³/mol. The van der Waals surface area contributed by atoms with E-state index in [-0.39, 0.29) is 37.2 Å². The Hall–Kier alpha value is -0.0188. The number of fused-ring (bicyclic) bond motifs is 1. The number of hydrogen-bond acceptors (Lipinski definition) is 0. The zero-order chi connectivity index (χ0) is 16.2. The number of allylic oxidation sites excluding steroid dienone is 1. The predicted octanol–water partition coefficient (Wildman–Crippen LogP) is -5.23. The van der Waals surface area contributed by atoms with Gasteiger partial charge in [-0.05, 0) is 0 Å². The van der Waals surface area contributed by atoms with Crippen molar-refractivity contribution in [2.24, 2.45) is 0 Å². The molecule has 1 aliphatic rings. The van der Waals surface area contributed by atoms with Crippen LogP contribution in [0.15, 0.2) is 54.1 Å². The van der Waals surface area contributed by atoms with Crippen molar-refractivity contribution in [2.75, 3.05) is 0 Å². The van der Waals surface area contributed by atoms with E-state index in [0.717, 1.165) is 0 Å². The summed E-state index contributed by atoms with van der Waals surface area (Å²) in [4.78, 5) is 0. The molecular weight excluding hydrogens is 435 g/mol. The Morgan fingerprint density at radius 3 is 2.27 bits per heavy atom. The Morgan fingerprint density at radius 2 is 1.62 bits per heavy atom. The molecule has 2 aromatic carbocycles. The van der Waals surface area contributed by atoms with Crippen molar-refractivity contribution < 1.29 is 57.7 Å². The number of halogens is 3. The summed E-state index contributed by atoms with van der Waals surface area (Å²) in [5, 5.41) is 3.17. The molecule has 2 aromatic rings. The molecule has 1 atom stereocenters. The maximum absolute atomic E-state index is 2.38. The third-order valence-corrected chi connectivity index (χ3v) is 7.92. The first kappa shape index (κ1) is 26.0. The van der Waals surface area contributed by atoms with Crippen LogP contribution in [0.1, 0.15) is 56.6 Å². The molecule has 1 aliphatic carbocycles. The fourth-order valence-electron chi connectivity index (χ4n) is 3.75. The summed E-state index contributed by atoms with van der Waals surface area (Å²) in [7, 11) is -0.390. The number of benzene rings is 2. The van der Waals surface area contributed by atoms with Crippen molar-refractivity contribution in [3.8, 4) is 0 Å². The van der Waals surface area contributed by atoms with Gasteiger partial charge in [-0.2, -0.15) is 0 Å². The molecule has 0 aromatic heterocycles. The van der Waals surface area contributed by atoms with Gasteiger partial charge in [0.15, 0.2) is 0 Å². The Bertz CT molecular complexity index is 716. The molecule has 0 nitrogen and oxygen atoms in total. The van der Waals surface area contributed by atoms with Gasteiger partial charge in [0.2, 0.25) is 0 Å². The van der Waals surface area contributed by atoms with E-state index in [1.54, 1.807) is 31.0 Å². The van der Waals surface area contributed by atoms with Crippen molar-refractivity contribution in [2.45, 2.75) is 45.4 Å². The number of rotatable bonds is 6. The maximum atomic E-state index is 2.38. The first-order chi connectivity index (χ1) is 11.2. The van der Waals surface area contributed by atoms with Crippen molar-refractivity contribution in [3.05, 3.63) is 65.2 Å². The molecule has 0 saturated heterocycles. The van der Waals surface area contributed by atoms with Crippen molar-refractivity contribution in [1.29, 1.82) is 0 Å². The van der Waals surface area contributed by atoms with Crippen LogP contribution in [0, 0.1) is 0 Å². The van der Waals surface area contributed by atoms with E-state index in [1.807, 2.05) is 0 Å². The Labute approximate surface area is 191 Å². The quantitative estimate of drug-likeness (QED) is 0.299. The normalized spacial score (nSPS) is 15.3. The molecule has 0 saturated carbocycles. The number of hydrogen-bond donors (Lipinski definition) is 0. The molecular formula is C21H25Cl3SiTi. The van der Waals surface area contributed by atoms with Crippen LogP contribution in [0.4, 0.5) is 0 Å². The third kappa shape index (κ3) is 5.74. The van der Waals surface area contributed by atoms with E-state index in [2.05, 4.69) is 82.8 Å². The van der Waals surface area contributed by atoms with Gasteiger partial charge < -0.3 is 37.2 Å². The summed E-state index contributed by atoms with van der Waals surface area (Å²) in [5.41, 5.74) is 4.82. The summed E-state index contributed by atoms with van der Waals surface area (Å²) < 4.78 is 1.56. The summed E-state index contributed by atoms with van der Waals surface area (Å²) in [5.74, 6) is 0.668. The van der Waals surface area contributed by atoms with Crippen LogP contribution in [0.25, 0.3) is 3.88 Å². The Morgan fingerprint density at radius 1 is 0.923 bits per heavy atom. The van der Waals surface area contributed by atoms with Gasteiger partial charge in [0.1, 0.15) is 0 Å². The van der Waals surface area contributed by atoms with Gasteiger partial charge in [0.25, 0.3) is 0 Å². The van der Waals surface area contributed by atoms with Gasteiger partial charge in [-0.25, -0.2) is 0 Å². The molecule has 0 bridgehead atoms.